The second-order valence-corrected chi connectivity index (χ2v) is 4.57. The fourth-order valence-corrected chi connectivity index (χ4v) is 1.27. The minimum Gasteiger partial charge on any atom is -0.298 e. The van der Waals surface area contributed by atoms with Crippen molar-refractivity contribution in [2.24, 2.45) is 10.9 Å². The highest BCUT2D eigenvalue weighted by molar-refractivity contribution is 5.81. The van der Waals surface area contributed by atoms with Crippen LogP contribution >= 0.6 is 0 Å². The summed E-state index contributed by atoms with van der Waals surface area (Å²) in [6, 6.07) is 18.7. The largest absolute Gasteiger partial charge is 0.298 e. The van der Waals surface area contributed by atoms with Crippen molar-refractivity contribution in [3.8, 4) is 0 Å². The van der Waals surface area contributed by atoms with Crippen molar-refractivity contribution in [1.82, 2.24) is 10.9 Å². The summed E-state index contributed by atoms with van der Waals surface area (Å²) in [6.07, 6.45) is 2.43. The molecular weight excluding hydrogens is 380 g/mol. The molecule has 0 unspecified atom stereocenters. The molecule has 0 aliphatic rings. The van der Waals surface area contributed by atoms with E-state index in [1.54, 1.807) is 18.3 Å². The summed E-state index contributed by atoms with van der Waals surface area (Å²) in [5.41, 5.74) is 5.91. The Labute approximate surface area is 181 Å². The van der Waals surface area contributed by atoms with Crippen LogP contribution in [-0.4, -0.2) is 24.3 Å². The molecule has 0 saturated heterocycles. The molecule has 2 aromatic carbocycles. The Hall–Kier alpha value is -3.32. The summed E-state index contributed by atoms with van der Waals surface area (Å²) in [6.45, 7) is 10.8. The Kier molecular flexibility index (Phi) is 31.8. The number of nitrogens with zero attached hydrogens (tertiary/aromatic N) is 1. The second kappa shape index (κ2) is 27.9. The lowest BCUT2D eigenvalue weighted by Gasteiger charge is -1.91. The van der Waals surface area contributed by atoms with Gasteiger partial charge in [0.05, 0.1) is 6.21 Å². The Morgan fingerprint density at radius 1 is 0.800 bits per heavy atom. The monoisotopic (exact) mass is 418 g/mol. The van der Waals surface area contributed by atoms with Crippen molar-refractivity contribution in [2.75, 3.05) is 0 Å². The minimum atomic E-state index is -0.218. The molecule has 0 bridgehead atoms. The summed E-state index contributed by atoms with van der Waals surface area (Å²) < 4.78 is 0. The number of carbonyl (C=O) groups is 3. The molecule has 2 rings (SSSR count). The van der Waals surface area contributed by atoms with E-state index in [9.17, 15) is 14.4 Å². The first-order valence-electron chi connectivity index (χ1n) is 9.31. The third-order valence-corrected chi connectivity index (χ3v) is 2.37. The SMILES string of the molecule is C.CC.CC.CC(=O)N/N=C/c1ccccc1.CC(=O)NN.O=Cc1ccccc1. The number of carbonyl (C=O) groups excluding carboxylic acids is 3. The highest BCUT2D eigenvalue weighted by Gasteiger charge is 1.85. The van der Waals surface area contributed by atoms with E-state index in [2.05, 4.69) is 16.4 Å². The maximum Gasteiger partial charge on any atom is 0.236 e. The van der Waals surface area contributed by atoms with Gasteiger partial charge in [0.1, 0.15) is 6.29 Å². The molecule has 7 nitrogen and oxygen atoms in total. The van der Waals surface area contributed by atoms with Gasteiger partial charge in [-0.15, -0.1) is 0 Å². The molecule has 0 saturated carbocycles. The number of hydrazine groups is 1. The molecule has 0 radical (unpaired) electrons. The van der Waals surface area contributed by atoms with Crippen LogP contribution in [0.2, 0.25) is 0 Å². The predicted octanol–water partition coefficient (Wildman–Crippen LogP) is 4.34. The van der Waals surface area contributed by atoms with Gasteiger partial charge < -0.3 is 0 Å². The van der Waals surface area contributed by atoms with E-state index in [4.69, 9.17) is 0 Å². The average molecular weight is 419 g/mol. The van der Waals surface area contributed by atoms with Gasteiger partial charge in [0.15, 0.2) is 0 Å². The van der Waals surface area contributed by atoms with Crippen LogP contribution in [0, 0.1) is 0 Å². The van der Waals surface area contributed by atoms with Crippen molar-refractivity contribution in [2.45, 2.75) is 49.0 Å². The summed E-state index contributed by atoms with van der Waals surface area (Å²) in [4.78, 5) is 30.0. The predicted molar refractivity (Wildman–Crippen MR) is 127 cm³/mol. The maximum atomic E-state index is 10.4. The molecule has 0 atom stereocenters. The van der Waals surface area contributed by atoms with Crippen molar-refractivity contribution in [1.29, 1.82) is 0 Å². The van der Waals surface area contributed by atoms with E-state index in [0.29, 0.717) is 0 Å². The van der Waals surface area contributed by atoms with Gasteiger partial charge >= 0.3 is 0 Å². The van der Waals surface area contributed by atoms with Crippen molar-refractivity contribution in [3.05, 3.63) is 71.8 Å². The molecule has 7 heteroatoms. The summed E-state index contributed by atoms with van der Waals surface area (Å²) in [5.74, 6) is 4.19. The van der Waals surface area contributed by atoms with Gasteiger partial charge in [0, 0.05) is 19.4 Å². The number of hydrazone groups is 1. The quantitative estimate of drug-likeness (QED) is 0.226. The van der Waals surface area contributed by atoms with E-state index in [1.807, 2.05) is 81.7 Å². The van der Waals surface area contributed by atoms with E-state index in [1.165, 1.54) is 13.8 Å². The van der Waals surface area contributed by atoms with Gasteiger partial charge in [-0.3, -0.25) is 19.8 Å². The highest BCUT2D eigenvalue weighted by Crippen LogP contribution is 1.93. The van der Waals surface area contributed by atoms with Crippen LogP contribution in [0.1, 0.15) is 64.9 Å². The number of amides is 2. The molecule has 0 heterocycles. The zero-order chi connectivity index (χ0) is 22.9. The Bertz CT molecular complexity index is 661. The van der Waals surface area contributed by atoms with Gasteiger partial charge in [-0.1, -0.05) is 95.8 Å². The topological polar surface area (TPSA) is 114 Å². The number of hydrogen-bond donors (Lipinski definition) is 3. The Morgan fingerprint density at radius 2 is 1.17 bits per heavy atom. The van der Waals surface area contributed by atoms with Gasteiger partial charge in [-0.25, -0.2) is 11.3 Å². The van der Waals surface area contributed by atoms with Gasteiger partial charge in [-0.05, 0) is 5.56 Å². The molecular formula is C23H38N4O3. The summed E-state index contributed by atoms with van der Waals surface area (Å²) in [5, 5.41) is 3.72. The van der Waals surface area contributed by atoms with Gasteiger partial charge in [0.2, 0.25) is 11.8 Å². The smallest absolute Gasteiger partial charge is 0.236 e. The normalized spacial score (nSPS) is 7.83. The zero-order valence-electron chi connectivity index (χ0n) is 18.2. The molecule has 0 aromatic heterocycles. The average Bonchev–Trinajstić information content (AvgIpc) is 2.78. The van der Waals surface area contributed by atoms with Crippen LogP contribution in [0.3, 0.4) is 0 Å². The summed E-state index contributed by atoms with van der Waals surface area (Å²) in [7, 11) is 0. The third kappa shape index (κ3) is 26.9. The fourth-order valence-electron chi connectivity index (χ4n) is 1.27. The van der Waals surface area contributed by atoms with Crippen molar-refractivity contribution < 1.29 is 14.4 Å². The molecule has 2 amide bonds. The van der Waals surface area contributed by atoms with Gasteiger partial charge in [0.25, 0.3) is 0 Å². The van der Waals surface area contributed by atoms with Crippen LogP contribution in [0.15, 0.2) is 65.8 Å². The molecule has 4 N–H and O–H groups in total. The van der Waals surface area contributed by atoms with Crippen LogP contribution in [0.25, 0.3) is 0 Å². The zero-order valence-corrected chi connectivity index (χ0v) is 18.2. The van der Waals surface area contributed by atoms with Gasteiger partial charge in [-0.2, -0.15) is 5.10 Å². The van der Waals surface area contributed by atoms with E-state index < -0.39 is 0 Å². The van der Waals surface area contributed by atoms with Crippen molar-refractivity contribution in [3.63, 3.8) is 0 Å². The summed E-state index contributed by atoms with van der Waals surface area (Å²) >= 11 is 0. The molecule has 168 valence electrons. The lowest BCUT2D eigenvalue weighted by Crippen LogP contribution is -2.26. The van der Waals surface area contributed by atoms with E-state index in [-0.39, 0.29) is 19.2 Å². The molecule has 0 fully saturated rings. The minimum absolute atomic E-state index is 0. The second-order valence-electron chi connectivity index (χ2n) is 4.57. The molecule has 0 aliphatic heterocycles. The van der Waals surface area contributed by atoms with Crippen LogP contribution in [0.4, 0.5) is 0 Å². The molecule has 0 aliphatic carbocycles. The lowest BCUT2D eigenvalue weighted by molar-refractivity contribution is -0.119. The number of nitrogens with two attached hydrogens (primary N) is 1. The number of benzene rings is 2. The van der Waals surface area contributed by atoms with E-state index in [0.717, 1.165) is 17.4 Å². The van der Waals surface area contributed by atoms with Crippen LogP contribution < -0.4 is 16.7 Å². The number of aldehydes is 1. The van der Waals surface area contributed by atoms with Crippen LogP contribution in [-0.2, 0) is 9.59 Å². The molecule has 0 spiro atoms. The number of nitrogens with one attached hydrogen (secondary N) is 2. The highest BCUT2D eigenvalue weighted by atomic mass is 16.2. The third-order valence-electron chi connectivity index (χ3n) is 2.37. The first kappa shape index (κ1) is 34.2. The molecule has 2 aromatic rings. The maximum absolute atomic E-state index is 10.4. The Morgan fingerprint density at radius 3 is 1.43 bits per heavy atom. The van der Waals surface area contributed by atoms with Crippen molar-refractivity contribution >= 4 is 24.3 Å². The number of hydrogen-bond acceptors (Lipinski definition) is 5. The standard InChI is InChI=1S/C9H10N2O.C7H6O.C2H6N2O.2C2H6.CH4/c1-8(12)11-10-7-9-5-3-2-4-6-9;8-6-7-4-2-1-3-5-7;1-2(5)4-3;2*1-2;/h2-7H,1H3,(H,11,12);1-6H;3H2,1H3,(H,4,5);2*1-2H3;1H4/b10-7+;;;;;. The van der Waals surface area contributed by atoms with E-state index >= 15 is 0 Å². The van der Waals surface area contributed by atoms with Crippen LogP contribution in [0.5, 0.6) is 0 Å². The lowest BCUT2D eigenvalue weighted by atomic mass is 10.2. The fraction of sp³-hybridized carbons (Fsp3) is 0.304. The Balaban J connectivity index is -0.000000164. The molecule has 30 heavy (non-hydrogen) atoms. The first-order valence-corrected chi connectivity index (χ1v) is 9.31. The first-order chi connectivity index (χ1) is 14.0. The number of rotatable bonds is 3.